The predicted octanol–water partition coefficient (Wildman–Crippen LogP) is 4.90. The molecule has 0 unspecified atom stereocenters. The molecular weight excluding hydrogens is 558 g/mol. The van der Waals surface area contributed by atoms with E-state index in [1.54, 1.807) is 42.5 Å². The number of imide groups is 1. The van der Waals surface area contributed by atoms with Crippen LogP contribution in [-0.2, 0) is 19.1 Å². The maximum absolute atomic E-state index is 12.9. The number of morpholine rings is 1. The number of amides is 3. The Morgan fingerprint density at radius 3 is 2.55 bits per heavy atom. The molecule has 0 aliphatic carbocycles. The maximum Gasteiger partial charge on any atom is 0.339 e. The number of hydrogen-bond donors (Lipinski definition) is 1. The second-order valence-corrected chi connectivity index (χ2v) is 10.3. The van der Waals surface area contributed by atoms with Gasteiger partial charge in [-0.2, -0.15) is 0 Å². The molecule has 3 heterocycles. The van der Waals surface area contributed by atoms with E-state index in [0.717, 1.165) is 35.4 Å². The molecule has 2 fully saturated rings. The zero-order valence-electron chi connectivity index (χ0n) is 21.3. The lowest BCUT2D eigenvalue weighted by molar-refractivity contribution is -0.127. The van der Waals surface area contributed by atoms with Crippen molar-refractivity contribution >= 4 is 63.8 Å². The van der Waals surface area contributed by atoms with Crippen LogP contribution >= 0.6 is 23.4 Å². The van der Waals surface area contributed by atoms with Gasteiger partial charge in [-0.15, -0.1) is 0 Å². The standard InChI is InChI=1S/C28H24ClN3O7S/c1-37-27(35)21-14-17(2-8-22(21)29)23-9-7-20(39-23)15-24-26(34)32(28(36)40-24)16-25(33)30-18-3-5-19(6-4-18)31-10-12-38-13-11-31/h2-9,14-15H,10-13,16H2,1H3,(H,30,33)/b24-15+. The lowest BCUT2D eigenvalue weighted by atomic mass is 10.1. The van der Waals surface area contributed by atoms with Crippen LogP contribution in [0.4, 0.5) is 16.2 Å². The number of nitrogens with one attached hydrogen (secondary N) is 1. The van der Waals surface area contributed by atoms with Crippen LogP contribution in [0.25, 0.3) is 17.4 Å². The Bertz CT molecular complexity index is 1500. The topological polar surface area (TPSA) is 118 Å². The van der Waals surface area contributed by atoms with Crippen LogP contribution in [0.5, 0.6) is 0 Å². The van der Waals surface area contributed by atoms with Gasteiger partial charge in [0.2, 0.25) is 5.91 Å². The molecule has 40 heavy (non-hydrogen) atoms. The van der Waals surface area contributed by atoms with E-state index in [-0.39, 0.29) is 15.5 Å². The van der Waals surface area contributed by atoms with Crippen molar-refractivity contribution in [2.45, 2.75) is 0 Å². The van der Waals surface area contributed by atoms with Gasteiger partial charge in [-0.05, 0) is 66.4 Å². The second kappa shape index (κ2) is 12.0. The molecule has 5 rings (SSSR count). The van der Waals surface area contributed by atoms with Gasteiger partial charge in [0.15, 0.2) is 0 Å². The molecule has 0 atom stereocenters. The van der Waals surface area contributed by atoms with Gasteiger partial charge in [0.25, 0.3) is 11.1 Å². The van der Waals surface area contributed by atoms with E-state index in [1.165, 1.54) is 13.2 Å². The molecule has 2 aliphatic heterocycles. The van der Waals surface area contributed by atoms with Crippen LogP contribution in [0.1, 0.15) is 16.1 Å². The first-order valence-electron chi connectivity index (χ1n) is 12.3. The zero-order chi connectivity index (χ0) is 28.2. The zero-order valence-corrected chi connectivity index (χ0v) is 22.9. The first-order valence-corrected chi connectivity index (χ1v) is 13.5. The van der Waals surface area contributed by atoms with E-state index in [4.69, 9.17) is 25.5 Å². The van der Waals surface area contributed by atoms with Crippen molar-refractivity contribution in [1.29, 1.82) is 0 Å². The summed E-state index contributed by atoms with van der Waals surface area (Å²) in [6.45, 7) is 2.53. The Balaban J connectivity index is 1.22. The Morgan fingerprint density at radius 1 is 1.07 bits per heavy atom. The lowest BCUT2D eigenvalue weighted by Gasteiger charge is -2.28. The summed E-state index contributed by atoms with van der Waals surface area (Å²) in [6, 6.07) is 15.4. The quantitative estimate of drug-likeness (QED) is 0.307. The second-order valence-electron chi connectivity index (χ2n) is 8.85. The summed E-state index contributed by atoms with van der Waals surface area (Å²) in [7, 11) is 1.26. The van der Waals surface area contributed by atoms with E-state index in [1.807, 2.05) is 12.1 Å². The fourth-order valence-corrected chi connectivity index (χ4v) is 5.23. The van der Waals surface area contributed by atoms with Gasteiger partial charge < -0.3 is 24.1 Å². The number of thioether (sulfide) groups is 1. The molecule has 1 aromatic heterocycles. The Morgan fingerprint density at radius 2 is 1.82 bits per heavy atom. The number of nitrogens with zero attached hydrogens (tertiary/aromatic N) is 2. The van der Waals surface area contributed by atoms with Crippen LogP contribution in [0.3, 0.4) is 0 Å². The summed E-state index contributed by atoms with van der Waals surface area (Å²) in [4.78, 5) is 53.2. The predicted molar refractivity (Wildman–Crippen MR) is 151 cm³/mol. The van der Waals surface area contributed by atoms with E-state index in [9.17, 15) is 19.2 Å². The first kappa shape index (κ1) is 27.5. The van der Waals surface area contributed by atoms with E-state index in [0.29, 0.717) is 36.0 Å². The van der Waals surface area contributed by atoms with Crippen molar-refractivity contribution in [3.63, 3.8) is 0 Å². The van der Waals surface area contributed by atoms with Gasteiger partial charge >= 0.3 is 5.97 Å². The molecular formula is C28H24ClN3O7S. The third kappa shape index (κ3) is 6.06. The highest BCUT2D eigenvalue weighted by atomic mass is 35.5. The number of benzene rings is 2. The fraction of sp³-hybridized carbons (Fsp3) is 0.214. The maximum atomic E-state index is 12.9. The molecule has 0 bridgehead atoms. The van der Waals surface area contributed by atoms with Crippen LogP contribution in [0.2, 0.25) is 5.02 Å². The first-order chi connectivity index (χ1) is 19.3. The average Bonchev–Trinajstić information content (AvgIpc) is 3.54. The van der Waals surface area contributed by atoms with Crippen LogP contribution in [-0.4, -0.2) is 67.9 Å². The molecule has 3 amide bonds. The SMILES string of the molecule is COC(=O)c1cc(-c2ccc(/C=C3/SC(=O)N(CC(=O)Nc4ccc(N5CCOCC5)cc4)C3=O)o2)ccc1Cl. The van der Waals surface area contributed by atoms with Crippen molar-refractivity contribution in [1.82, 2.24) is 4.90 Å². The summed E-state index contributed by atoms with van der Waals surface area (Å²) in [6.07, 6.45) is 1.44. The molecule has 1 N–H and O–H groups in total. The van der Waals surface area contributed by atoms with Gasteiger partial charge in [0, 0.05) is 36.1 Å². The van der Waals surface area contributed by atoms with Crippen molar-refractivity contribution in [3.05, 3.63) is 75.8 Å². The Hall–Kier alpha value is -4.06. The van der Waals surface area contributed by atoms with Gasteiger partial charge in [0.1, 0.15) is 18.1 Å². The number of anilines is 2. The molecule has 0 saturated carbocycles. The molecule has 206 valence electrons. The largest absolute Gasteiger partial charge is 0.465 e. The van der Waals surface area contributed by atoms with Gasteiger partial charge in [-0.3, -0.25) is 19.3 Å². The smallest absolute Gasteiger partial charge is 0.339 e. The summed E-state index contributed by atoms with van der Waals surface area (Å²) in [5.74, 6) is -0.926. The number of esters is 1. The number of rotatable bonds is 7. The molecule has 0 radical (unpaired) electrons. The van der Waals surface area contributed by atoms with Crippen LogP contribution in [0.15, 0.2) is 63.9 Å². The molecule has 2 aliphatic rings. The number of carbonyl (C=O) groups excluding carboxylic acids is 4. The number of methoxy groups -OCH3 is 1. The monoisotopic (exact) mass is 581 g/mol. The van der Waals surface area contributed by atoms with E-state index in [2.05, 4.69) is 10.2 Å². The summed E-state index contributed by atoms with van der Waals surface area (Å²) in [5.41, 5.74) is 2.35. The number of furan rings is 1. The minimum atomic E-state index is -0.592. The minimum absolute atomic E-state index is 0.125. The average molecular weight is 582 g/mol. The van der Waals surface area contributed by atoms with Crippen molar-refractivity contribution in [2.75, 3.05) is 50.2 Å². The number of ether oxygens (including phenoxy) is 2. The van der Waals surface area contributed by atoms with Crippen molar-refractivity contribution in [2.24, 2.45) is 0 Å². The van der Waals surface area contributed by atoms with Gasteiger partial charge in [0.05, 0.1) is 35.8 Å². The molecule has 3 aromatic rings. The molecule has 2 saturated heterocycles. The number of hydrogen-bond acceptors (Lipinski definition) is 9. The summed E-state index contributed by atoms with van der Waals surface area (Å²) >= 11 is 6.81. The van der Waals surface area contributed by atoms with Crippen molar-refractivity contribution in [3.8, 4) is 11.3 Å². The fourth-order valence-electron chi connectivity index (χ4n) is 4.22. The Labute approximate surface area is 238 Å². The van der Waals surface area contributed by atoms with Crippen molar-refractivity contribution < 1.29 is 33.1 Å². The van der Waals surface area contributed by atoms with Gasteiger partial charge in [-0.25, -0.2) is 4.79 Å². The summed E-state index contributed by atoms with van der Waals surface area (Å²) < 4.78 is 15.9. The highest BCUT2D eigenvalue weighted by Crippen LogP contribution is 2.34. The molecule has 10 nitrogen and oxygen atoms in total. The van der Waals surface area contributed by atoms with Gasteiger partial charge in [-0.1, -0.05) is 11.6 Å². The summed E-state index contributed by atoms with van der Waals surface area (Å²) in [5, 5.41) is 2.42. The third-order valence-corrected chi connectivity index (χ3v) is 7.50. The Kier molecular flexibility index (Phi) is 8.24. The third-order valence-electron chi connectivity index (χ3n) is 6.26. The van der Waals surface area contributed by atoms with Crippen LogP contribution < -0.4 is 10.2 Å². The molecule has 2 aromatic carbocycles. The molecule has 0 spiro atoms. The normalized spacial score (nSPS) is 16.5. The van der Waals surface area contributed by atoms with E-state index < -0.39 is 29.6 Å². The lowest BCUT2D eigenvalue weighted by Crippen LogP contribution is -2.36. The molecule has 12 heteroatoms. The van der Waals surface area contributed by atoms with Crippen LogP contribution in [0, 0.1) is 0 Å². The highest BCUT2D eigenvalue weighted by Gasteiger charge is 2.36. The number of halogens is 1. The minimum Gasteiger partial charge on any atom is -0.465 e. The van der Waals surface area contributed by atoms with E-state index >= 15 is 0 Å². The highest BCUT2D eigenvalue weighted by molar-refractivity contribution is 8.18. The number of carbonyl (C=O) groups is 4.